The second-order valence-electron chi connectivity index (χ2n) is 5.74. The van der Waals surface area contributed by atoms with Crippen molar-refractivity contribution in [2.75, 3.05) is 0 Å². The molecule has 2 atom stereocenters. The number of nitrogens with one attached hydrogen (secondary N) is 1. The largest absolute Gasteiger partial charge is 0.504 e. The van der Waals surface area contributed by atoms with Crippen molar-refractivity contribution in [3.05, 3.63) is 23.3 Å². The van der Waals surface area contributed by atoms with Crippen LogP contribution in [-0.2, 0) is 6.42 Å². The van der Waals surface area contributed by atoms with Crippen LogP contribution in [0, 0.1) is 0 Å². The van der Waals surface area contributed by atoms with Crippen molar-refractivity contribution in [1.29, 1.82) is 0 Å². The van der Waals surface area contributed by atoms with Gasteiger partial charge in [-0.2, -0.15) is 0 Å². The van der Waals surface area contributed by atoms with Gasteiger partial charge in [0.1, 0.15) is 0 Å². The fourth-order valence-electron chi connectivity index (χ4n) is 3.42. The third-order valence-corrected chi connectivity index (χ3v) is 4.51. The summed E-state index contributed by atoms with van der Waals surface area (Å²) in [6.45, 7) is 0. The molecule has 0 saturated heterocycles. The molecule has 2 aliphatic rings. The molecule has 0 aliphatic heterocycles. The van der Waals surface area contributed by atoms with Crippen LogP contribution in [0.5, 0.6) is 11.5 Å². The van der Waals surface area contributed by atoms with Gasteiger partial charge in [0.25, 0.3) is 0 Å². The van der Waals surface area contributed by atoms with Gasteiger partial charge in [0.2, 0.25) is 0 Å². The van der Waals surface area contributed by atoms with Gasteiger partial charge < -0.3 is 20.6 Å². The maximum atomic E-state index is 10.4. The molecule has 4 heteroatoms. The Bertz CT molecular complexity index is 469. The summed E-state index contributed by atoms with van der Waals surface area (Å²) in [6.07, 6.45) is 5.81. The second-order valence-corrected chi connectivity index (χ2v) is 5.74. The predicted molar refractivity (Wildman–Crippen MR) is 72.2 cm³/mol. The van der Waals surface area contributed by atoms with Gasteiger partial charge in [0.15, 0.2) is 11.5 Å². The molecule has 4 N–H and O–H groups in total. The highest BCUT2D eigenvalue weighted by Crippen LogP contribution is 2.40. The van der Waals surface area contributed by atoms with Crippen molar-refractivity contribution in [2.24, 2.45) is 0 Å². The van der Waals surface area contributed by atoms with E-state index in [1.807, 2.05) is 0 Å². The maximum Gasteiger partial charge on any atom is 0.161 e. The van der Waals surface area contributed by atoms with E-state index in [4.69, 9.17) is 0 Å². The molecule has 1 aromatic rings. The topological polar surface area (TPSA) is 72.7 Å². The molecule has 1 fully saturated rings. The van der Waals surface area contributed by atoms with Crippen molar-refractivity contribution in [1.82, 2.24) is 5.32 Å². The maximum absolute atomic E-state index is 10.4. The fraction of sp³-hybridized carbons (Fsp3) is 0.600. The summed E-state index contributed by atoms with van der Waals surface area (Å²) < 4.78 is 0. The summed E-state index contributed by atoms with van der Waals surface area (Å²) in [5.41, 5.74) is 1.44. The normalized spacial score (nSPS) is 27.4. The van der Waals surface area contributed by atoms with Gasteiger partial charge in [-0.3, -0.25) is 0 Å². The van der Waals surface area contributed by atoms with E-state index >= 15 is 0 Å². The summed E-state index contributed by atoms with van der Waals surface area (Å²) in [7, 11) is 0. The lowest BCUT2D eigenvalue weighted by atomic mass is 9.84. The number of phenolic OH excluding ortho intramolecular Hbond substituents is 2. The van der Waals surface area contributed by atoms with Crippen LogP contribution in [0.3, 0.4) is 0 Å². The van der Waals surface area contributed by atoms with Gasteiger partial charge in [0.05, 0.1) is 6.10 Å². The molecule has 1 aromatic carbocycles. The molecule has 0 aromatic heterocycles. The van der Waals surface area contributed by atoms with Crippen molar-refractivity contribution >= 4 is 0 Å². The van der Waals surface area contributed by atoms with Gasteiger partial charge in [-0.15, -0.1) is 0 Å². The highest BCUT2D eigenvalue weighted by Gasteiger charge is 2.32. The molecular weight excluding hydrogens is 242 g/mol. The molecule has 1 saturated carbocycles. The van der Waals surface area contributed by atoms with Crippen LogP contribution in [0.2, 0.25) is 0 Å². The SMILES string of the molecule is Oc1ccc2c(c1O)CC[C@@H](NC1CCCC1)[C@H]2O. The molecule has 2 aliphatic carbocycles. The summed E-state index contributed by atoms with van der Waals surface area (Å²) in [5, 5.41) is 33.4. The first kappa shape index (κ1) is 12.8. The minimum Gasteiger partial charge on any atom is -0.504 e. The summed E-state index contributed by atoms with van der Waals surface area (Å²) in [4.78, 5) is 0. The first-order chi connectivity index (χ1) is 9.16. The van der Waals surface area contributed by atoms with Crippen LogP contribution in [-0.4, -0.2) is 27.4 Å². The fourth-order valence-corrected chi connectivity index (χ4v) is 3.42. The van der Waals surface area contributed by atoms with Crippen LogP contribution in [0.25, 0.3) is 0 Å². The molecule has 3 rings (SSSR count). The van der Waals surface area contributed by atoms with Gasteiger partial charge in [0, 0.05) is 17.6 Å². The van der Waals surface area contributed by atoms with Crippen LogP contribution < -0.4 is 5.32 Å². The molecule has 0 bridgehead atoms. The predicted octanol–water partition coefficient (Wildman–Crippen LogP) is 1.98. The molecule has 19 heavy (non-hydrogen) atoms. The van der Waals surface area contributed by atoms with Crippen molar-refractivity contribution in [3.8, 4) is 11.5 Å². The Hall–Kier alpha value is -1.26. The molecular formula is C15H21NO3. The number of aliphatic hydroxyl groups excluding tert-OH is 1. The molecule has 0 heterocycles. The number of benzene rings is 1. The van der Waals surface area contributed by atoms with E-state index in [-0.39, 0.29) is 17.5 Å². The standard InChI is InChI=1S/C15H21NO3/c17-13-8-6-10-11(15(13)19)5-7-12(14(10)18)16-9-3-1-2-4-9/h6,8-9,12,14,16-19H,1-5,7H2/t12-,14+/m1/s1. The third kappa shape index (κ3) is 2.30. The number of aliphatic hydroxyl groups is 1. The zero-order chi connectivity index (χ0) is 13.4. The summed E-state index contributed by atoms with van der Waals surface area (Å²) >= 11 is 0. The zero-order valence-corrected chi connectivity index (χ0v) is 11.0. The lowest BCUT2D eigenvalue weighted by Gasteiger charge is -2.33. The van der Waals surface area contributed by atoms with E-state index in [0.717, 1.165) is 12.0 Å². The average Bonchev–Trinajstić information content (AvgIpc) is 2.90. The lowest BCUT2D eigenvalue weighted by Crippen LogP contribution is -2.43. The van der Waals surface area contributed by atoms with Crippen LogP contribution in [0.4, 0.5) is 0 Å². The highest BCUT2D eigenvalue weighted by molar-refractivity contribution is 5.51. The number of phenols is 2. The van der Waals surface area contributed by atoms with Gasteiger partial charge in [-0.1, -0.05) is 18.9 Å². The summed E-state index contributed by atoms with van der Waals surface area (Å²) in [6, 6.07) is 3.75. The Morgan fingerprint density at radius 2 is 1.79 bits per heavy atom. The van der Waals surface area contributed by atoms with E-state index < -0.39 is 6.10 Å². The van der Waals surface area contributed by atoms with Crippen molar-refractivity contribution in [2.45, 2.75) is 56.7 Å². The molecule has 0 radical (unpaired) electrons. The monoisotopic (exact) mass is 263 g/mol. The third-order valence-electron chi connectivity index (χ3n) is 4.51. The van der Waals surface area contributed by atoms with Gasteiger partial charge in [-0.05, 0) is 37.3 Å². The van der Waals surface area contributed by atoms with E-state index in [9.17, 15) is 15.3 Å². The Morgan fingerprint density at radius 1 is 1.05 bits per heavy atom. The number of rotatable bonds is 2. The van der Waals surface area contributed by atoms with Crippen LogP contribution in [0.15, 0.2) is 12.1 Å². The van der Waals surface area contributed by atoms with Crippen molar-refractivity contribution < 1.29 is 15.3 Å². The van der Waals surface area contributed by atoms with E-state index in [1.54, 1.807) is 6.07 Å². The first-order valence-electron chi connectivity index (χ1n) is 7.14. The van der Waals surface area contributed by atoms with E-state index in [1.165, 1.54) is 31.7 Å². The zero-order valence-electron chi connectivity index (χ0n) is 11.0. The highest BCUT2D eigenvalue weighted by atomic mass is 16.3. The Kier molecular flexibility index (Phi) is 3.37. The summed E-state index contributed by atoms with van der Waals surface area (Å²) in [5.74, 6) is -0.177. The Balaban J connectivity index is 1.79. The second kappa shape index (κ2) is 5.02. The minimum atomic E-state index is -0.601. The number of fused-ring (bicyclic) bond motifs is 1. The quantitative estimate of drug-likeness (QED) is 0.616. The number of hydrogen-bond donors (Lipinski definition) is 4. The molecule has 4 nitrogen and oxygen atoms in total. The van der Waals surface area contributed by atoms with Crippen molar-refractivity contribution in [3.63, 3.8) is 0 Å². The Morgan fingerprint density at radius 3 is 2.53 bits per heavy atom. The Labute approximate surface area is 113 Å². The van der Waals surface area contributed by atoms with E-state index in [2.05, 4.69) is 5.32 Å². The van der Waals surface area contributed by atoms with Crippen LogP contribution >= 0.6 is 0 Å². The van der Waals surface area contributed by atoms with Gasteiger partial charge in [-0.25, -0.2) is 0 Å². The number of hydrogen-bond acceptors (Lipinski definition) is 4. The minimum absolute atomic E-state index is 0.0551. The number of aromatic hydroxyl groups is 2. The smallest absolute Gasteiger partial charge is 0.161 e. The molecule has 0 unspecified atom stereocenters. The van der Waals surface area contributed by atoms with Gasteiger partial charge >= 0.3 is 0 Å². The molecule has 0 spiro atoms. The van der Waals surface area contributed by atoms with E-state index in [0.29, 0.717) is 18.0 Å². The van der Waals surface area contributed by atoms with Crippen LogP contribution in [0.1, 0.15) is 49.3 Å². The first-order valence-corrected chi connectivity index (χ1v) is 7.14. The molecule has 104 valence electrons. The molecule has 0 amide bonds. The lowest BCUT2D eigenvalue weighted by molar-refractivity contribution is 0.107. The average molecular weight is 263 g/mol.